The fourth-order valence-corrected chi connectivity index (χ4v) is 4.02. The van der Waals surface area contributed by atoms with E-state index in [1.165, 1.54) is 54.8 Å². The summed E-state index contributed by atoms with van der Waals surface area (Å²) in [5, 5.41) is 0. The number of carbonyl (C=O) groups excluding carboxylic acids is 2. The number of nitrogens with two attached hydrogens (primary N) is 2. The number of rotatable bonds is 15. The second-order valence-electron chi connectivity index (χ2n) is 10.1. The first-order valence-corrected chi connectivity index (χ1v) is 13.4. The van der Waals surface area contributed by atoms with Crippen molar-refractivity contribution in [2.75, 3.05) is 55.9 Å². The second kappa shape index (κ2) is 15.4. The molecule has 0 aliphatic carbocycles. The summed E-state index contributed by atoms with van der Waals surface area (Å²) in [6, 6.07) is 2.04. The Morgan fingerprint density at radius 3 is 1.12 bits per heavy atom. The second-order valence-corrected chi connectivity index (χ2v) is 10.1. The fraction of sp³-hybridized carbons (Fsp3) is 0.533. The molecule has 2 rings (SSSR count). The van der Waals surface area contributed by atoms with Crippen LogP contribution in [0, 0.1) is 11.8 Å². The van der Waals surface area contributed by atoms with Crippen LogP contribution in [0.3, 0.4) is 0 Å². The zero-order valence-corrected chi connectivity index (χ0v) is 26.1. The third-order valence-corrected chi connectivity index (χ3v) is 6.88. The Bertz CT molecular complexity index is 1150. The Balaban J connectivity index is 3.03. The van der Waals surface area contributed by atoms with E-state index in [0.29, 0.717) is 0 Å². The van der Waals surface area contributed by atoms with Crippen LogP contribution in [-0.4, -0.2) is 79.9 Å². The average molecular weight is 593 g/mol. The first-order valence-electron chi connectivity index (χ1n) is 13.4. The summed E-state index contributed by atoms with van der Waals surface area (Å²) >= 11 is 0. The van der Waals surface area contributed by atoms with Gasteiger partial charge in [0.15, 0.2) is 23.0 Å². The lowest BCUT2D eigenvalue weighted by Gasteiger charge is -2.24. The van der Waals surface area contributed by atoms with Crippen LogP contribution in [-0.2, 0) is 9.47 Å². The number of hydrogen-bond acceptors (Lipinski definition) is 12. The minimum atomic E-state index is -0.752. The van der Waals surface area contributed by atoms with Gasteiger partial charge in [0.2, 0.25) is 11.5 Å². The Hall–Kier alpha value is -3.90. The van der Waals surface area contributed by atoms with Crippen molar-refractivity contribution in [3.05, 3.63) is 23.3 Å². The third-order valence-electron chi connectivity index (χ3n) is 6.88. The lowest BCUT2D eigenvalue weighted by Crippen LogP contribution is -2.33. The maximum Gasteiger partial charge on any atom is 0.339 e. The van der Waals surface area contributed by atoms with Crippen LogP contribution in [0.25, 0.3) is 11.1 Å². The molecule has 12 heteroatoms. The van der Waals surface area contributed by atoms with Gasteiger partial charge in [0.1, 0.15) is 13.2 Å². The fourth-order valence-electron chi connectivity index (χ4n) is 4.02. The molecule has 2 aromatic rings. The molecule has 2 aromatic carbocycles. The van der Waals surface area contributed by atoms with Gasteiger partial charge in [-0.15, -0.1) is 0 Å². The maximum absolute atomic E-state index is 13.7. The van der Waals surface area contributed by atoms with Crippen molar-refractivity contribution < 1.29 is 47.5 Å². The van der Waals surface area contributed by atoms with Gasteiger partial charge in [-0.2, -0.15) is 0 Å². The monoisotopic (exact) mass is 592 g/mol. The maximum atomic E-state index is 13.7. The van der Waals surface area contributed by atoms with Crippen molar-refractivity contribution >= 4 is 11.9 Å². The number of hydrogen-bond donors (Lipinski definition) is 2. The lowest BCUT2D eigenvalue weighted by molar-refractivity contribution is 0.0451. The summed E-state index contributed by atoms with van der Waals surface area (Å²) in [5.41, 5.74) is 12.5. The molecule has 42 heavy (non-hydrogen) atoms. The summed E-state index contributed by atoms with van der Waals surface area (Å²) < 4.78 is 45.0. The van der Waals surface area contributed by atoms with Gasteiger partial charge in [-0.1, -0.05) is 27.7 Å². The van der Waals surface area contributed by atoms with E-state index in [1.54, 1.807) is 0 Å². The van der Waals surface area contributed by atoms with Gasteiger partial charge in [0.25, 0.3) is 0 Å². The van der Waals surface area contributed by atoms with Gasteiger partial charge in [0, 0.05) is 23.2 Å². The molecule has 0 fully saturated rings. The van der Waals surface area contributed by atoms with E-state index in [0.717, 1.165) is 0 Å². The van der Waals surface area contributed by atoms with Crippen LogP contribution < -0.4 is 39.9 Å². The van der Waals surface area contributed by atoms with Crippen molar-refractivity contribution in [2.24, 2.45) is 23.3 Å². The highest BCUT2D eigenvalue weighted by molar-refractivity contribution is 6.08. The van der Waals surface area contributed by atoms with E-state index in [9.17, 15) is 9.59 Å². The molecule has 12 nitrogen and oxygen atoms in total. The summed E-state index contributed by atoms with van der Waals surface area (Å²) in [4.78, 5) is 27.4. The molecular formula is C30H44N2O10. The number of esters is 2. The van der Waals surface area contributed by atoms with Crippen LogP contribution in [0.15, 0.2) is 12.1 Å². The zero-order valence-electron chi connectivity index (χ0n) is 26.1. The molecule has 0 spiro atoms. The molecule has 0 aromatic heterocycles. The highest BCUT2D eigenvalue weighted by atomic mass is 16.6. The summed E-state index contributed by atoms with van der Waals surface area (Å²) in [6.45, 7) is 7.55. The minimum Gasteiger partial charge on any atom is -0.493 e. The molecule has 0 radical (unpaired) electrons. The largest absolute Gasteiger partial charge is 0.493 e. The summed E-state index contributed by atoms with van der Waals surface area (Å²) in [7, 11) is 8.43. The van der Waals surface area contributed by atoms with Crippen LogP contribution in [0.4, 0.5) is 0 Å². The SMILES string of the molecule is COc1cc(C(=O)OC[C@@H](N)C(C)C)c(-c2c(C(=O)OC[C@@H](N)C(C)C)cc(OC)c(OC)c2OC)c(OC)c1OC. The topological polar surface area (TPSA) is 160 Å². The molecule has 0 aliphatic heterocycles. The van der Waals surface area contributed by atoms with Crippen LogP contribution >= 0.6 is 0 Å². The quantitative estimate of drug-likeness (QED) is 0.289. The molecule has 0 heterocycles. The van der Waals surface area contributed by atoms with E-state index < -0.39 is 24.0 Å². The van der Waals surface area contributed by atoms with Crippen LogP contribution in [0.2, 0.25) is 0 Å². The number of methoxy groups -OCH3 is 6. The van der Waals surface area contributed by atoms with Gasteiger partial charge in [-0.25, -0.2) is 9.59 Å². The molecule has 2 atom stereocenters. The highest BCUT2D eigenvalue weighted by Gasteiger charge is 2.35. The Kier molecular flexibility index (Phi) is 12.5. The van der Waals surface area contributed by atoms with Crippen LogP contribution in [0.1, 0.15) is 48.4 Å². The molecule has 0 bridgehead atoms. The smallest absolute Gasteiger partial charge is 0.339 e. The van der Waals surface area contributed by atoms with Gasteiger partial charge in [-0.3, -0.25) is 0 Å². The molecule has 234 valence electrons. The van der Waals surface area contributed by atoms with Crippen molar-refractivity contribution in [1.82, 2.24) is 0 Å². The zero-order chi connectivity index (χ0) is 31.7. The van der Waals surface area contributed by atoms with E-state index in [4.69, 9.17) is 49.4 Å². The molecule has 4 N–H and O–H groups in total. The predicted molar refractivity (Wildman–Crippen MR) is 157 cm³/mol. The normalized spacial score (nSPS) is 12.4. The van der Waals surface area contributed by atoms with Crippen molar-refractivity contribution in [2.45, 2.75) is 39.8 Å². The number of carbonyl (C=O) groups is 2. The number of ether oxygens (including phenoxy) is 8. The van der Waals surface area contributed by atoms with E-state index >= 15 is 0 Å². The number of benzene rings is 2. The Labute approximate surface area is 247 Å². The average Bonchev–Trinajstić information content (AvgIpc) is 2.99. The molecule has 0 saturated carbocycles. The summed E-state index contributed by atoms with van der Waals surface area (Å²) in [5.74, 6) is -0.577. The van der Waals surface area contributed by atoms with Crippen molar-refractivity contribution in [3.8, 4) is 45.6 Å². The van der Waals surface area contributed by atoms with Crippen LogP contribution in [0.5, 0.6) is 34.5 Å². The first kappa shape index (κ1) is 34.3. The minimum absolute atomic E-state index is 0.0149. The van der Waals surface area contributed by atoms with Gasteiger partial charge in [-0.05, 0) is 24.0 Å². The van der Waals surface area contributed by atoms with Gasteiger partial charge < -0.3 is 49.4 Å². The molecule has 0 aliphatic rings. The molecular weight excluding hydrogens is 548 g/mol. The molecule has 0 unspecified atom stereocenters. The molecule has 0 saturated heterocycles. The van der Waals surface area contributed by atoms with E-state index in [1.807, 2.05) is 27.7 Å². The first-order chi connectivity index (χ1) is 19.9. The summed E-state index contributed by atoms with van der Waals surface area (Å²) in [6.07, 6.45) is 0. The van der Waals surface area contributed by atoms with Gasteiger partial charge >= 0.3 is 11.9 Å². The van der Waals surface area contributed by atoms with E-state index in [-0.39, 0.29) is 81.8 Å². The lowest BCUT2D eigenvalue weighted by atomic mass is 9.91. The molecule has 0 amide bonds. The predicted octanol–water partition coefficient (Wildman–Crippen LogP) is 3.69. The van der Waals surface area contributed by atoms with E-state index in [2.05, 4.69) is 0 Å². The third kappa shape index (κ3) is 7.29. The standard InChI is InChI=1S/C30H44N2O10/c1-15(2)19(31)13-41-29(33)17-11-21(35-5)25(37-7)27(39-9)23(17)24-18(30(34)42-14-20(32)16(3)4)12-22(36-6)26(38-8)28(24)40-10/h11-12,15-16,19-20H,13-14,31-32H2,1-10H3/t19-,20-/m1/s1. The van der Waals surface area contributed by atoms with Crippen molar-refractivity contribution in [3.63, 3.8) is 0 Å². The van der Waals surface area contributed by atoms with Gasteiger partial charge in [0.05, 0.1) is 53.8 Å². The Morgan fingerprint density at radius 1 is 0.571 bits per heavy atom. The Morgan fingerprint density at radius 2 is 0.881 bits per heavy atom. The highest BCUT2D eigenvalue weighted by Crippen LogP contribution is 2.54. The van der Waals surface area contributed by atoms with Crippen molar-refractivity contribution in [1.29, 1.82) is 0 Å².